The van der Waals surface area contributed by atoms with Gasteiger partial charge in [-0.3, -0.25) is 9.59 Å². The van der Waals surface area contributed by atoms with Crippen LogP contribution in [0.1, 0.15) is 80.3 Å². The highest BCUT2D eigenvalue weighted by molar-refractivity contribution is 6.07. The third-order valence-corrected chi connectivity index (χ3v) is 12.2. The Morgan fingerprint density at radius 3 is 2.67 bits per heavy atom. The van der Waals surface area contributed by atoms with E-state index in [-0.39, 0.29) is 24.1 Å². The number of fused-ring (bicyclic) bond motifs is 7. The number of nitrogens with one attached hydrogen (secondary N) is 4. The molecule has 0 saturated heterocycles. The molecule has 5 N–H and O–H groups in total. The molecular formula is C42H38N6O6. The second kappa shape index (κ2) is 11.1. The molecule has 54 heavy (non-hydrogen) atoms. The number of hydrogen-bond acceptors (Lipinski definition) is 9. The number of aromatic amines is 1. The molecule has 3 aromatic carbocycles. The number of benzene rings is 3. The third-order valence-electron chi connectivity index (χ3n) is 12.2. The second-order valence-corrected chi connectivity index (χ2v) is 15.8. The summed E-state index contributed by atoms with van der Waals surface area (Å²) >= 11 is 0. The van der Waals surface area contributed by atoms with Gasteiger partial charge in [-0.15, -0.1) is 0 Å². The highest BCUT2D eigenvalue weighted by atomic mass is 16.5. The van der Waals surface area contributed by atoms with Crippen molar-refractivity contribution in [2.45, 2.75) is 81.7 Å². The average molecular weight is 723 g/mol. The largest absolute Gasteiger partial charge is 0.469 e. The van der Waals surface area contributed by atoms with E-state index in [4.69, 9.17) is 23.5 Å². The molecule has 3 aromatic heterocycles. The van der Waals surface area contributed by atoms with Gasteiger partial charge >= 0.3 is 0 Å². The SMILES string of the molecule is CC(C)[C@@H]1NC(=O)[C@@H](NC(=O)C2(O)CCCCC2)Cc2ccc3c(c2)[C@]24c5cccc(c5NC2O3)-c2cccc3[nH]cc(c23)-c2cnc(o2)-c2nc1oc24. The summed E-state index contributed by atoms with van der Waals surface area (Å²) in [6, 6.07) is 16.7. The molecule has 1 unspecified atom stereocenters. The highest BCUT2D eigenvalue weighted by Crippen LogP contribution is 2.61. The fraction of sp³-hybridized carbons (Fsp3) is 0.333. The van der Waals surface area contributed by atoms with E-state index in [1.165, 1.54) is 0 Å². The minimum absolute atomic E-state index is 0.165. The van der Waals surface area contributed by atoms with Crippen LogP contribution >= 0.6 is 0 Å². The fourth-order valence-electron chi connectivity index (χ4n) is 9.51. The van der Waals surface area contributed by atoms with Crippen LogP contribution in [0, 0.1) is 5.92 Å². The van der Waals surface area contributed by atoms with Crippen LogP contribution < -0.4 is 20.7 Å². The van der Waals surface area contributed by atoms with Gasteiger partial charge in [-0.25, -0.2) is 9.97 Å². The molecule has 272 valence electrons. The highest BCUT2D eigenvalue weighted by Gasteiger charge is 2.61. The normalized spacial score (nSPS) is 24.1. The van der Waals surface area contributed by atoms with E-state index in [1.54, 1.807) is 6.20 Å². The lowest BCUT2D eigenvalue weighted by Crippen LogP contribution is -2.56. The van der Waals surface area contributed by atoms with Crippen molar-refractivity contribution in [3.63, 3.8) is 0 Å². The van der Waals surface area contributed by atoms with Gasteiger partial charge in [0.25, 0.3) is 5.91 Å². The molecule has 10 bridgehead atoms. The fourth-order valence-corrected chi connectivity index (χ4v) is 9.51. The number of aliphatic hydroxyl groups is 1. The Labute approximate surface area is 309 Å². The Bertz CT molecular complexity index is 2560. The standard InChI is InChI=1S/C42H38N6O6/c1-20(2)32-38-47-34-35(54-38)42-25-10-6-9-23(22-8-7-11-27-31(22)24(18-43-27)30-19-44-37(34)52-30)33(25)48-40(42)53-29-13-12-21(16-26(29)42)17-28(36(49)46-32)45-39(50)41(51)14-4-3-5-15-41/h6-13,16,18-20,28,32,40,43,48,51H,3-5,14-15,17H2,1-2H3,(H,45,50)(H,46,49)/t28-,32-,40?,42-/m0/s1. The molecular weight excluding hydrogens is 684 g/mol. The Kier molecular flexibility index (Phi) is 6.49. The molecule has 0 radical (unpaired) electrons. The maximum Gasteiger partial charge on any atom is 0.252 e. The van der Waals surface area contributed by atoms with E-state index in [9.17, 15) is 14.7 Å². The lowest BCUT2D eigenvalue weighted by atomic mass is 9.72. The molecule has 4 atom stereocenters. The maximum atomic E-state index is 14.3. The zero-order valence-corrected chi connectivity index (χ0v) is 29.8. The molecule has 1 saturated carbocycles. The van der Waals surface area contributed by atoms with Gasteiger partial charge in [0.05, 0.1) is 6.20 Å². The van der Waals surface area contributed by atoms with Crippen molar-refractivity contribution in [3.05, 3.63) is 95.3 Å². The third kappa shape index (κ3) is 4.22. The van der Waals surface area contributed by atoms with Gasteiger partial charge in [0.15, 0.2) is 23.4 Å². The number of aromatic nitrogens is 3. The molecule has 7 heterocycles. The van der Waals surface area contributed by atoms with Gasteiger partial charge in [-0.1, -0.05) is 75.6 Å². The zero-order valence-electron chi connectivity index (χ0n) is 29.8. The summed E-state index contributed by atoms with van der Waals surface area (Å²) in [5.74, 6) is 1.20. The van der Waals surface area contributed by atoms with E-state index in [2.05, 4.69) is 45.2 Å². The van der Waals surface area contributed by atoms with Crippen molar-refractivity contribution in [3.8, 4) is 39.8 Å². The van der Waals surface area contributed by atoms with Crippen molar-refractivity contribution in [2.75, 3.05) is 5.32 Å². The van der Waals surface area contributed by atoms with Gasteiger partial charge in [0.2, 0.25) is 17.7 Å². The van der Waals surface area contributed by atoms with Gasteiger partial charge in [-0.2, -0.15) is 0 Å². The van der Waals surface area contributed by atoms with Gasteiger partial charge in [0, 0.05) is 51.5 Å². The van der Waals surface area contributed by atoms with Crippen molar-refractivity contribution in [1.29, 1.82) is 0 Å². The summed E-state index contributed by atoms with van der Waals surface area (Å²) in [4.78, 5) is 41.4. The number of oxazole rings is 2. The van der Waals surface area contributed by atoms with Crippen LogP contribution in [0.25, 0.3) is 44.9 Å². The topological polar surface area (TPSA) is 168 Å². The molecule has 12 heteroatoms. The van der Waals surface area contributed by atoms with Gasteiger partial charge in [-0.05, 0) is 42.0 Å². The zero-order chi connectivity index (χ0) is 36.5. The van der Waals surface area contributed by atoms with Crippen molar-refractivity contribution >= 4 is 28.4 Å². The van der Waals surface area contributed by atoms with Crippen molar-refractivity contribution < 1.29 is 28.3 Å². The Hall–Kier alpha value is -5.88. The number of carbonyl (C=O) groups excluding carboxylic acids is 2. The summed E-state index contributed by atoms with van der Waals surface area (Å²) in [7, 11) is 0. The summed E-state index contributed by atoms with van der Waals surface area (Å²) in [5.41, 5.74) is 5.18. The average Bonchev–Trinajstić information content (AvgIpc) is 3.99. The van der Waals surface area contributed by atoms with E-state index in [0.717, 1.165) is 69.2 Å². The first-order valence-corrected chi connectivity index (χ1v) is 18.8. The lowest BCUT2D eigenvalue weighted by molar-refractivity contribution is -0.145. The molecule has 12 nitrogen and oxygen atoms in total. The molecule has 4 aliphatic heterocycles. The number of rotatable bonds is 3. The molecule has 11 rings (SSSR count). The van der Waals surface area contributed by atoms with Crippen LogP contribution in [0.2, 0.25) is 0 Å². The van der Waals surface area contributed by atoms with Gasteiger partial charge < -0.3 is 39.6 Å². The number of anilines is 1. The molecule has 5 aliphatic rings. The van der Waals surface area contributed by atoms with E-state index < -0.39 is 41.1 Å². The number of para-hydroxylation sites is 1. The first kappa shape index (κ1) is 31.6. The Morgan fingerprint density at radius 2 is 1.81 bits per heavy atom. The number of ether oxygens (including phenoxy) is 1. The van der Waals surface area contributed by atoms with Crippen LogP contribution in [0.4, 0.5) is 5.69 Å². The van der Waals surface area contributed by atoms with Crippen molar-refractivity contribution in [2.24, 2.45) is 5.92 Å². The second-order valence-electron chi connectivity index (χ2n) is 15.8. The molecule has 2 amide bonds. The summed E-state index contributed by atoms with van der Waals surface area (Å²) < 4.78 is 20.5. The lowest BCUT2D eigenvalue weighted by Gasteiger charge is -2.33. The summed E-state index contributed by atoms with van der Waals surface area (Å²) in [6.07, 6.45) is 6.41. The predicted molar refractivity (Wildman–Crippen MR) is 198 cm³/mol. The molecule has 1 fully saturated rings. The van der Waals surface area contributed by atoms with Gasteiger partial charge in [0.1, 0.15) is 28.8 Å². The molecule has 1 aliphatic carbocycles. The van der Waals surface area contributed by atoms with Crippen LogP contribution in [0.3, 0.4) is 0 Å². The number of amides is 2. The minimum Gasteiger partial charge on any atom is -0.469 e. The number of hydrogen-bond donors (Lipinski definition) is 5. The van der Waals surface area contributed by atoms with Crippen LogP contribution in [0.5, 0.6) is 5.75 Å². The van der Waals surface area contributed by atoms with Crippen molar-refractivity contribution in [1.82, 2.24) is 25.6 Å². The van der Waals surface area contributed by atoms with Crippen LogP contribution in [-0.4, -0.2) is 49.7 Å². The first-order chi connectivity index (χ1) is 26.2. The van der Waals surface area contributed by atoms with Crippen LogP contribution in [-0.2, 0) is 21.4 Å². The predicted octanol–water partition coefficient (Wildman–Crippen LogP) is 6.49. The van der Waals surface area contributed by atoms with E-state index in [0.29, 0.717) is 35.8 Å². The monoisotopic (exact) mass is 722 g/mol. The van der Waals surface area contributed by atoms with Crippen LogP contribution in [0.15, 0.2) is 75.8 Å². The smallest absolute Gasteiger partial charge is 0.252 e. The van der Waals surface area contributed by atoms with E-state index >= 15 is 0 Å². The summed E-state index contributed by atoms with van der Waals surface area (Å²) in [6.45, 7) is 3.97. The Morgan fingerprint density at radius 1 is 0.981 bits per heavy atom. The summed E-state index contributed by atoms with van der Waals surface area (Å²) in [5, 5.41) is 22.3. The maximum absolute atomic E-state index is 14.3. The number of carbonyl (C=O) groups is 2. The molecule has 6 aromatic rings. The number of nitrogens with zero attached hydrogens (tertiary/aromatic N) is 2. The molecule has 1 spiro atoms. The minimum atomic E-state index is -1.52. The first-order valence-electron chi connectivity index (χ1n) is 18.8. The number of H-pyrrole nitrogens is 1. The quantitative estimate of drug-likeness (QED) is 0.137. The Balaban J connectivity index is 1.18. The van der Waals surface area contributed by atoms with E-state index in [1.807, 2.05) is 50.4 Å².